The SMILES string of the molecule is c1ccc2oc(-c3ccc(-c4c5ccccc5c(-c5ccc(-c6nc7ccccc7o6)cc5)c5ncccc45)cc3)nc2c1. The zero-order valence-electron chi connectivity index (χ0n) is 23.4. The van der Waals surface area contributed by atoms with Gasteiger partial charge in [-0.3, -0.25) is 4.98 Å². The van der Waals surface area contributed by atoms with Gasteiger partial charge in [0.2, 0.25) is 11.8 Å². The van der Waals surface area contributed by atoms with Crippen molar-refractivity contribution in [1.29, 1.82) is 0 Å². The van der Waals surface area contributed by atoms with Crippen molar-refractivity contribution in [3.8, 4) is 45.2 Å². The van der Waals surface area contributed by atoms with E-state index in [0.717, 1.165) is 71.9 Å². The predicted octanol–water partition coefficient (Wildman–Crippen LogP) is 10.3. The molecule has 0 amide bonds. The Kier molecular flexibility index (Phi) is 5.43. The van der Waals surface area contributed by atoms with Crippen molar-refractivity contribution in [3.63, 3.8) is 0 Å². The number of pyridine rings is 1. The summed E-state index contributed by atoms with van der Waals surface area (Å²) in [5.74, 6) is 1.23. The molecule has 0 aliphatic rings. The summed E-state index contributed by atoms with van der Waals surface area (Å²) in [5, 5.41) is 3.41. The molecule has 0 aliphatic heterocycles. The first kappa shape index (κ1) is 24.5. The normalized spacial score (nSPS) is 11.6. The van der Waals surface area contributed by atoms with Gasteiger partial charge in [0.05, 0.1) is 5.52 Å². The second kappa shape index (κ2) is 9.75. The van der Waals surface area contributed by atoms with Crippen molar-refractivity contribution in [2.24, 2.45) is 0 Å². The third kappa shape index (κ3) is 3.91. The highest BCUT2D eigenvalue weighted by molar-refractivity contribution is 6.20. The van der Waals surface area contributed by atoms with Gasteiger partial charge in [-0.2, -0.15) is 0 Å². The molecule has 0 fully saturated rings. The van der Waals surface area contributed by atoms with Gasteiger partial charge in [0.1, 0.15) is 11.0 Å². The highest BCUT2D eigenvalue weighted by Crippen LogP contribution is 2.43. The number of nitrogens with zero attached hydrogens (tertiary/aromatic N) is 3. The molecule has 9 aromatic rings. The third-order valence-electron chi connectivity index (χ3n) is 8.21. The highest BCUT2D eigenvalue weighted by atomic mass is 16.4. The van der Waals surface area contributed by atoms with Gasteiger partial charge >= 0.3 is 0 Å². The Morgan fingerprint density at radius 3 is 1.41 bits per heavy atom. The van der Waals surface area contributed by atoms with Crippen molar-refractivity contribution >= 4 is 43.9 Å². The van der Waals surface area contributed by atoms with Crippen LogP contribution in [0.1, 0.15) is 0 Å². The molecule has 9 rings (SSSR count). The zero-order chi connectivity index (χ0) is 29.0. The lowest BCUT2D eigenvalue weighted by atomic mass is 9.87. The molecule has 0 N–H and O–H groups in total. The number of hydrogen-bond donors (Lipinski definition) is 0. The maximum atomic E-state index is 6.03. The monoisotopic (exact) mass is 565 g/mol. The first-order chi connectivity index (χ1) is 21.8. The summed E-state index contributed by atoms with van der Waals surface area (Å²) in [6.07, 6.45) is 1.87. The van der Waals surface area contributed by atoms with Gasteiger partial charge in [-0.15, -0.1) is 0 Å². The smallest absolute Gasteiger partial charge is 0.227 e. The molecular weight excluding hydrogens is 542 g/mol. The molecule has 6 aromatic carbocycles. The van der Waals surface area contributed by atoms with E-state index in [9.17, 15) is 0 Å². The van der Waals surface area contributed by atoms with Gasteiger partial charge in [0.15, 0.2) is 11.2 Å². The van der Waals surface area contributed by atoms with Crippen LogP contribution in [0.15, 0.2) is 148 Å². The van der Waals surface area contributed by atoms with Crippen molar-refractivity contribution in [3.05, 3.63) is 140 Å². The molecule has 44 heavy (non-hydrogen) atoms. The van der Waals surface area contributed by atoms with E-state index in [4.69, 9.17) is 13.8 Å². The molecule has 0 saturated carbocycles. The van der Waals surface area contributed by atoms with E-state index in [1.54, 1.807) is 0 Å². The fraction of sp³-hybridized carbons (Fsp3) is 0. The number of oxazole rings is 2. The van der Waals surface area contributed by atoms with Gasteiger partial charge in [-0.05, 0) is 82.1 Å². The molecule has 0 spiro atoms. The summed E-state index contributed by atoms with van der Waals surface area (Å²) in [6, 6.07) is 45.3. The van der Waals surface area contributed by atoms with Gasteiger partial charge in [0, 0.05) is 28.3 Å². The van der Waals surface area contributed by atoms with Gasteiger partial charge in [-0.1, -0.05) is 78.9 Å². The molecule has 0 atom stereocenters. The van der Waals surface area contributed by atoms with Crippen LogP contribution >= 0.6 is 0 Å². The van der Waals surface area contributed by atoms with E-state index in [-0.39, 0.29) is 0 Å². The van der Waals surface area contributed by atoms with Crippen LogP contribution in [0.25, 0.3) is 89.0 Å². The molecular formula is C39H23N3O2. The van der Waals surface area contributed by atoms with Crippen LogP contribution in [0, 0.1) is 0 Å². The second-order valence-corrected chi connectivity index (χ2v) is 10.8. The lowest BCUT2D eigenvalue weighted by Gasteiger charge is -2.17. The Labute approximate surface area is 252 Å². The average molecular weight is 566 g/mol. The standard InChI is InChI=1S/C39H23N3O2/c1-2-9-29-28(8-1)35(24-15-19-26(20-16-24)38-41-31-11-3-5-13-33(31)43-38)30-10-7-23-40-37(30)36(29)25-17-21-27(22-18-25)39-42-32-12-4-6-14-34(32)44-39/h1-23H. The summed E-state index contributed by atoms with van der Waals surface area (Å²) in [5.41, 5.74) is 10.6. The fourth-order valence-corrected chi connectivity index (χ4v) is 6.15. The molecule has 5 nitrogen and oxygen atoms in total. The fourth-order valence-electron chi connectivity index (χ4n) is 6.15. The Morgan fingerprint density at radius 2 is 0.841 bits per heavy atom. The molecule has 206 valence electrons. The van der Waals surface area contributed by atoms with Crippen LogP contribution < -0.4 is 0 Å². The van der Waals surface area contributed by atoms with Crippen LogP contribution in [0.5, 0.6) is 0 Å². The third-order valence-corrected chi connectivity index (χ3v) is 8.21. The van der Waals surface area contributed by atoms with Crippen molar-refractivity contribution in [1.82, 2.24) is 15.0 Å². The topological polar surface area (TPSA) is 65.0 Å². The molecule has 0 unspecified atom stereocenters. The second-order valence-electron chi connectivity index (χ2n) is 10.8. The summed E-state index contributed by atoms with van der Waals surface area (Å²) in [6.45, 7) is 0. The zero-order valence-corrected chi connectivity index (χ0v) is 23.4. The van der Waals surface area contributed by atoms with Gasteiger partial charge in [0.25, 0.3) is 0 Å². The maximum Gasteiger partial charge on any atom is 0.227 e. The summed E-state index contributed by atoms with van der Waals surface area (Å²) in [7, 11) is 0. The molecule has 0 saturated heterocycles. The number of fused-ring (bicyclic) bond motifs is 4. The quantitative estimate of drug-likeness (QED) is 0.199. The van der Waals surface area contributed by atoms with Crippen LogP contribution in [0.3, 0.4) is 0 Å². The molecule has 5 heteroatoms. The minimum atomic E-state index is 0.613. The molecule has 3 aromatic heterocycles. The van der Waals surface area contributed by atoms with Crippen molar-refractivity contribution < 1.29 is 8.83 Å². The predicted molar refractivity (Wildman–Crippen MR) is 176 cm³/mol. The Hall–Kier alpha value is -6.07. The van der Waals surface area contributed by atoms with E-state index in [1.165, 1.54) is 5.39 Å². The Bertz CT molecular complexity index is 2190. The van der Waals surface area contributed by atoms with Crippen LogP contribution in [-0.2, 0) is 0 Å². The molecule has 0 bridgehead atoms. The molecule has 0 radical (unpaired) electrons. The number of hydrogen-bond acceptors (Lipinski definition) is 5. The minimum Gasteiger partial charge on any atom is -0.436 e. The van der Waals surface area contributed by atoms with E-state index in [2.05, 4.69) is 88.8 Å². The summed E-state index contributed by atoms with van der Waals surface area (Å²) in [4.78, 5) is 14.3. The number of aromatic nitrogens is 3. The van der Waals surface area contributed by atoms with E-state index in [0.29, 0.717) is 11.8 Å². The summed E-state index contributed by atoms with van der Waals surface area (Å²) < 4.78 is 12.0. The first-order valence-electron chi connectivity index (χ1n) is 14.5. The van der Waals surface area contributed by atoms with Crippen LogP contribution in [-0.4, -0.2) is 15.0 Å². The number of para-hydroxylation sites is 4. The van der Waals surface area contributed by atoms with E-state index >= 15 is 0 Å². The van der Waals surface area contributed by atoms with E-state index < -0.39 is 0 Å². The van der Waals surface area contributed by atoms with Crippen LogP contribution in [0.2, 0.25) is 0 Å². The largest absolute Gasteiger partial charge is 0.436 e. The number of rotatable bonds is 4. The Morgan fingerprint density at radius 1 is 0.386 bits per heavy atom. The minimum absolute atomic E-state index is 0.613. The van der Waals surface area contributed by atoms with Crippen LogP contribution in [0.4, 0.5) is 0 Å². The highest BCUT2D eigenvalue weighted by Gasteiger charge is 2.18. The summed E-state index contributed by atoms with van der Waals surface area (Å²) >= 11 is 0. The average Bonchev–Trinajstić information content (AvgIpc) is 3.72. The lowest BCUT2D eigenvalue weighted by molar-refractivity contribution is 0.619. The maximum absolute atomic E-state index is 6.03. The Balaban J connectivity index is 1.18. The van der Waals surface area contributed by atoms with Gasteiger partial charge in [-0.25, -0.2) is 9.97 Å². The first-order valence-corrected chi connectivity index (χ1v) is 14.5. The van der Waals surface area contributed by atoms with E-state index in [1.807, 2.05) is 60.8 Å². The lowest BCUT2D eigenvalue weighted by Crippen LogP contribution is -1.92. The van der Waals surface area contributed by atoms with Crippen molar-refractivity contribution in [2.75, 3.05) is 0 Å². The van der Waals surface area contributed by atoms with Crippen molar-refractivity contribution in [2.45, 2.75) is 0 Å². The molecule has 3 heterocycles. The number of benzene rings is 6. The molecule has 0 aliphatic carbocycles. The van der Waals surface area contributed by atoms with Gasteiger partial charge < -0.3 is 8.83 Å².